The molecule has 0 atom stereocenters. The SMILES string of the molecule is Cc1ccc(NC(=O)c2c(C)oc3ncn(C4CCCCC4)c(=O)c23)cc1. The molecule has 1 fully saturated rings. The van der Waals surface area contributed by atoms with Crippen LogP contribution in [0.4, 0.5) is 5.69 Å². The molecule has 27 heavy (non-hydrogen) atoms. The molecule has 0 spiro atoms. The third kappa shape index (κ3) is 3.27. The summed E-state index contributed by atoms with van der Waals surface area (Å²) in [4.78, 5) is 30.4. The van der Waals surface area contributed by atoms with Gasteiger partial charge < -0.3 is 9.73 Å². The Bertz CT molecular complexity index is 1040. The number of amides is 1. The Balaban J connectivity index is 1.75. The van der Waals surface area contributed by atoms with Gasteiger partial charge in [-0.2, -0.15) is 0 Å². The maximum absolute atomic E-state index is 13.1. The molecule has 1 aliphatic rings. The number of carbonyl (C=O) groups is 1. The molecule has 140 valence electrons. The van der Waals surface area contributed by atoms with Crippen LogP contribution in [0.2, 0.25) is 0 Å². The first-order chi connectivity index (χ1) is 13.0. The number of anilines is 1. The van der Waals surface area contributed by atoms with E-state index in [0.29, 0.717) is 11.4 Å². The highest BCUT2D eigenvalue weighted by atomic mass is 16.3. The van der Waals surface area contributed by atoms with Crippen LogP contribution in [0.25, 0.3) is 11.1 Å². The predicted octanol–water partition coefficient (Wildman–Crippen LogP) is 4.36. The fraction of sp³-hybridized carbons (Fsp3) is 0.381. The van der Waals surface area contributed by atoms with Crippen molar-refractivity contribution in [3.8, 4) is 0 Å². The zero-order chi connectivity index (χ0) is 19.0. The van der Waals surface area contributed by atoms with E-state index in [4.69, 9.17) is 4.42 Å². The molecule has 0 radical (unpaired) electrons. The maximum Gasteiger partial charge on any atom is 0.265 e. The quantitative estimate of drug-likeness (QED) is 0.748. The number of hydrogen-bond donors (Lipinski definition) is 1. The summed E-state index contributed by atoms with van der Waals surface area (Å²) in [6.07, 6.45) is 6.92. The lowest BCUT2D eigenvalue weighted by Crippen LogP contribution is -2.27. The van der Waals surface area contributed by atoms with Crippen molar-refractivity contribution < 1.29 is 9.21 Å². The average molecular weight is 365 g/mol. The Labute approximate surface area is 157 Å². The summed E-state index contributed by atoms with van der Waals surface area (Å²) in [5.74, 6) is 0.0519. The molecule has 6 nitrogen and oxygen atoms in total. The van der Waals surface area contributed by atoms with Gasteiger partial charge in [0.1, 0.15) is 17.5 Å². The summed E-state index contributed by atoms with van der Waals surface area (Å²) in [7, 11) is 0. The minimum Gasteiger partial charge on any atom is -0.442 e. The minimum atomic E-state index is -0.351. The number of hydrogen-bond acceptors (Lipinski definition) is 4. The van der Waals surface area contributed by atoms with Crippen LogP contribution in [-0.4, -0.2) is 15.5 Å². The van der Waals surface area contributed by atoms with Crippen molar-refractivity contribution in [2.45, 2.75) is 52.0 Å². The molecule has 3 aromatic rings. The standard InChI is InChI=1S/C21H23N3O3/c1-13-8-10-15(11-9-13)23-19(25)17-14(2)27-20-18(17)21(26)24(12-22-20)16-6-4-3-5-7-16/h8-12,16H,3-7H2,1-2H3,(H,23,25). The van der Waals surface area contributed by atoms with Crippen LogP contribution in [0.1, 0.15) is 59.8 Å². The van der Waals surface area contributed by atoms with E-state index in [1.54, 1.807) is 17.8 Å². The van der Waals surface area contributed by atoms with Crippen molar-refractivity contribution in [3.63, 3.8) is 0 Å². The Kier molecular flexibility index (Phi) is 4.56. The lowest BCUT2D eigenvalue weighted by molar-refractivity contribution is 0.102. The first-order valence-corrected chi connectivity index (χ1v) is 9.43. The van der Waals surface area contributed by atoms with E-state index in [-0.39, 0.29) is 34.2 Å². The highest BCUT2D eigenvalue weighted by Crippen LogP contribution is 2.28. The second kappa shape index (κ2) is 7.02. The van der Waals surface area contributed by atoms with E-state index in [1.165, 1.54) is 6.42 Å². The van der Waals surface area contributed by atoms with Gasteiger partial charge in [0.2, 0.25) is 5.71 Å². The fourth-order valence-corrected chi connectivity index (χ4v) is 3.84. The fourth-order valence-electron chi connectivity index (χ4n) is 3.84. The van der Waals surface area contributed by atoms with Gasteiger partial charge in [-0.3, -0.25) is 14.2 Å². The van der Waals surface area contributed by atoms with Crippen LogP contribution >= 0.6 is 0 Å². The summed E-state index contributed by atoms with van der Waals surface area (Å²) in [5, 5.41) is 3.12. The van der Waals surface area contributed by atoms with Crippen molar-refractivity contribution in [3.05, 3.63) is 57.8 Å². The second-order valence-corrected chi connectivity index (χ2v) is 7.28. The molecule has 4 rings (SSSR count). The van der Waals surface area contributed by atoms with Gasteiger partial charge in [-0.15, -0.1) is 0 Å². The number of nitrogens with zero attached hydrogens (tertiary/aromatic N) is 2. The Morgan fingerprint density at radius 1 is 1.15 bits per heavy atom. The van der Waals surface area contributed by atoms with E-state index < -0.39 is 0 Å². The predicted molar refractivity (Wildman–Crippen MR) is 104 cm³/mol. The number of furan rings is 1. The zero-order valence-corrected chi connectivity index (χ0v) is 15.6. The smallest absolute Gasteiger partial charge is 0.265 e. The molecule has 0 unspecified atom stereocenters. The van der Waals surface area contributed by atoms with Crippen LogP contribution in [0, 0.1) is 13.8 Å². The van der Waals surface area contributed by atoms with Crippen LogP contribution < -0.4 is 10.9 Å². The Morgan fingerprint density at radius 2 is 1.85 bits per heavy atom. The minimum absolute atomic E-state index is 0.145. The molecule has 0 bridgehead atoms. The molecule has 1 aromatic carbocycles. The lowest BCUT2D eigenvalue weighted by atomic mass is 9.95. The number of carbonyl (C=O) groups excluding carboxylic acids is 1. The van der Waals surface area contributed by atoms with Gasteiger partial charge in [-0.25, -0.2) is 4.98 Å². The summed E-state index contributed by atoms with van der Waals surface area (Å²) < 4.78 is 7.29. The van der Waals surface area contributed by atoms with E-state index in [1.807, 2.05) is 31.2 Å². The van der Waals surface area contributed by atoms with Crippen molar-refractivity contribution in [1.82, 2.24) is 9.55 Å². The van der Waals surface area contributed by atoms with Crippen LogP contribution in [-0.2, 0) is 0 Å². The summed E-state index contributed by atoms with van der Waals surface area (Å²) in [6.45, 7) is 3.68. The first kappa shape index (κ1) is 17.5. The van der Waals surface area contributed by atoms with Gasteiger partial charge in [0.05, 0.1) is 5.56 Å². The maximum atomic E-state index is 13.1. The molecule has 1 N–H and O–H groups in total. The number of aromatic nitrogens is 2. The monoisotopic (exact) mass is 365 g/mol. The average Bonchev–Trinajstić information content (AvgIpc) is 3.01. The molecule has 1 saturated carbocycles. The van der Waals surface area contributed by atoms with Gasteiger partial charge >= 0.3 is 0 Å². The third-order valence-corrected chi connectivity index (χ3v) is 5.32. The van der Waals surface area contributed by atoms with Crippen molar-refractivity contribution >= 4 is 22.7 Å². The summed E-state index contributed by atoms with van der Waals surface area (Å²) >= 11 is 0. The molecule has 2 aromatic heterocycles. The normalized spacial score (nSPS) is 15.2. The zero-order valence-electron chi connectivity index (χ0n) is 15.6. The largest absolute Gasteiger partial charge is 0.442 e. The topological polar surface area (TPSA) is 77.1 Å². The highest BCUT2D eigenvalue weighted by molar-refractivity contribution is 6.12. The number of fused-ring (bicyclic) bond motifs is 1. The molecule has 0 aliphatic heterocycles. The molecule has 2 heterocycles. The number of benzene rings is 1. The van der Waals surface area contributed by atoms with E-state index >= 15 is 0 Å². The second-order valence-electron chi connectivity index (χ2n) is 7.28. The van der Waals surface area contributed by atoms with E-state index in [2.05, 4.69) is 10.3 Å². The van der Waals surface area contributed by atoms with Crippen LogP contribution in [0.3, 0.4) is 0 Å². The highest BCUT2D eigenvalue weighted by Gasteiger charge is 2.25. The summed E-state index contributed by atoms with van der Waals surface area (Å²) in [6, 6.07) is 7.67. The molecule has 0 saturated heterocycles. The van der Waals surface area contributed by atoms with Gasteiger partial charge in [0.15, 0.2) is 0 Å². The summed E-state index contributed by atoms with van der Waals surface area (Å²) in [5.41, 5.74) is 2.08. The number of aryl methyl sites for hydroxylation is 2. The molecule has 6 heteroatoms. The first-order valence-electron chi connectivity index (χ1n) is 9.43. The van der Waals surface area contributed by atoms with Gasteiger partial charge in [-0.1, -0.05) is 37.0 Å². The van der Waals surface area contributed by atoms with Crippen LogP contribution in [0.5, 0.6) is 0 Å². The lowest BCUT2D eigenvalue weighted by Gasteiger charge is -2.23. The molecule has 1 aliphatic carbocycles. The van der Waals surface area contributed by atoms with Crippen molar-refractivity contribution in [2.24, 2.45) is 0 Å². The third-order valence-electron chi connectivity index (χ3n) is 5.32. The van der Waals surface area contributed by atoms with Crippen molar-refractivity contribution in [2.75, 3.05) is 5.32 Å². The van der Waals surface area contributed by atoms with Crippen LogP contribution in [0.15, 0.2) is 39.8 Å². The molecular weight excluding hydrogens is 342 g/mol. The van der Waals surface area contributed by atoms with E-state index in [0.717, 1.165) is 31.2 Å². The molecular formula is C21H23N3O3. The molecule has 1 amide bonds. The Morgan fingerprint density at radius 3 is 2.56 bits per heavy atom. The Hall–Kier alpha value is -2.89. The van der Waals surface area contributed by atoms with E-state index in [9.17, 15) is 9.59 Å². The number of rotatable bonds is 3. The van der Waals surface area contributed by atoms with Crippen molar-refractivity contribution in [1.29, 1.82) is 0 Å². The van der Waals surface area contributed by atoms with Gasteiger partial charge in [0, 0.05) is 11.7 Å². The number of nitrogens with one attached hydrogen (secondary N) is 1. The van der Waals surface area contributed by atoms with Gasteiger partial charge in [0.25, 0.3) is 11.5 Å². The van der Waals surface area contributed by atoms with Gasteiger partial charge in [-0.05, 0) is 38.8 Å².